The largest absolute Gasteiger partial charge is 0.352 e. The Bertz CT molecular complexity index is 375. The van der Waals surface area contributed by atoms with Gasteiger partial charge in [0.05, 0.1) is 5.02 Å². The summed E-state index contributed by atoms with van der Waals surface area (Å²) in [6.45, 7) is 3.55. The van der Waals surface area contributed by atoms with Crippen molar-refractivity contribution in [3.63, 3.8) is 0 Å². The van der Waals surface area contributed by atoms with E-state index in [-0.39, 0.29) is 11.9 Å². The zero-order valence-corrected chi connectivity index (χ0v) is 9.91. The second-order valence-corrected chi connectivity index (χ2v) is 4.90. The molecule has 2 atom stereocenters. The van der Waals surface area contributed by atoms with E-state index >= 15 is 0 Å². The topological polar surface area (TPSA) is 42.1 Å². The van der Waals surface area contributed by atoms with E-state index in [0.717, 1.165) is 13.0 Å². The van der Waals surface area contributed by atoms with E-state index in [1.165, 1.54) is 12.3 Å². The van der Waals surface area contributed by atoms with E-state index in [4.69, 9.17) is 17.3 Å². The third kappa shape index (κ3) is 2.44. The lowest BCUT2D eigenvalue weighted by atomic mass is 9.96. The average Bonchev–Trinajstić information content (AvgIpc) is 2.15. The van der Waals surface area contributed by atoms with Crippen molar-refractivity contribution in [3.05, 3.63) is 23.1 Å². The van der Waals surface area contributed by atoms with Crippen molar-refractivity contribution in [2.75, 3.05) is 18.0 Å². The van der Waals surface area contributed by atoms with Crippen molar-refractivity contribution in [2.45, 2.75) is 19.4 Å². The Kier molecular flexibility index (Phi) is 3.30. The fourth-order valence-electron chi connectivity index (χ4n) is 2.21. The zero-order valence-electron chi connectivity index (χ0n) is 9.16. The Hall–Kier alpha value is -0.870. The van der Waals surface area contributed by atoms with Gasteiger partial charge in [0.25, 0.3) is 0 Å². The molecule has 5 heteroatoms. The summed E-state index contributed by atoms with van der Waals surface area (Å²) >= 11 is 5.67. The number of nitrogens with two attached hydrogens (primary N) is 1. The molecule has 16 heavy (non-hydrogen) atoms. The van der Waals surface area contributed by atoms with Gasteiger partial charge >= 0.3 is 0 Å². The molecule has 0 spiro atoms. The lowest BCUT2D eigenvalue weighted by Crippen LogP contribution is -2.47. The standard InChI is InChI=1S/C11H15ClFN3/c1-7-2-9(14)6-16(5-7)11-10(13)3-8(12)4-15-11/h3-4,7,9H,2,5-6,14H2,1H3. The monoisotopic (exact) mass is 243 g/mol. The lowest BCUT2D eigenvalue weighted by Gasteiger charge is -2.35. The predicted molar refractivity (Wildman–Crippen MR) is 63.2 cm³/mol. The molecular weight excluding hydrogens is 229 g/mol. The molecule has 2 N–H and O–H groups in total. The average molecular weight is 244 g/mol. The van der Waals surface area contributed by atoms with E-state index < -0.39 is 0 Å². The highest BCUT2D eigenvalue weighted by Gasteiger charge is 2.24. The molecule has 2 unspecified atom stereocenters. The molecule has 0 radical (unpaired) electrons. The summed E-state index contributed by atoms with van der Waals surface area (Å²) in [5, 5.41) is 0.315. The molecule has 2 rings (SSSR count). The fraction of sp³-hybridized carbons (Fsp3) is 0.545. The van der Waals surface area contributed by atoms with Crippen LogP contribution < -0.4 is 10.6 Å². The number of aromatic nitrogens is 1. The first-order valence-corrected chi connectivity index (χ1v) is 5.75. The molecule has 0 aromatic carbocycles. The summed E-state index contributed by atoms with van der Waals surface area (Å²) < 4.78 is 13.7. The van der Waals surface area contributed by atoms with E-state index in [1.54, 1.807) is 0 Å². The molecule has 88 valence electrons. The number of hydrogen-bond donors (Lipinski definition) is 1. The number of halogens is 2. The minimum Gasteiger partial charge on any atom is -0.352 e. The number of nitrogens with zero attached hydrogens (tertiary/aromatic N) is 2. The molecule has 2 heterocycles. The van der Waals surface area contributed by atoms with Crippen LogP contribution >= 0.6 is 11.6 Å². The SMILES string of the molecule is CC1CC(N)CN(c2ncc(Cl)cc2F)C1. The van der Waals surface area contributed by atoms with Crippen molar-refractivity contribution < 1.29 is 4.39 Å². The van der Waals surface area contributed by atoms with Gasteiger partial charge in [0.2, 0.25) is 0 Å². The highest BCUT2D eigenvalue weighted by Crippen LogP contribution is 2.24. The summed E-state index contributed by atoms with van der Waals surface area (Å²) in [7, 11) is 0. The molecule has 1 aliphatic rings. The lowest BCUT2D eigenvalue weighted by molar-refractivity contribution is 0.396. The van der Waals surface area contributed by atoms with Crippen molar-refractivity contribution in [3.8, 4) is 0 Å². The van der Waals surface area contributed by atoms with Gasteiger partial charge < -0.3 is 10.6 Å². The maximum atomic E-state index is 13.7. The number of anilines is 1. The summed E-state index contributed by atoms with van der Waals surface area (Å²) in [6.07, 6.45) is 2.44. The molecule has 0 aliphatic carbocycles. The van der Waals surface area contributed by atoms with Crippen LogP contribution in [0, 0.1) is 11.7 Å². The van der Waals surface area contributed by atoms with Gasteiger partial charge in [0.1, 0.15) is 0 Å². The van der Waals surface area contributed by atoms with Crippen molar-refractivity contribution in [2.24, 2.45) is 11.7 Å². The smallest absolute Gasteiger partial charge is 0.167 e. The van der Waals surface area contributed by atoms with Crippen LogP contribution in [-0.4, -0.2) is 24.1 Å². The minimum atomic E-state index is -0.381. The van der Waals surface area contributed by atoms with Crippen LogP contribution in [0.3, 0.4) is 0 Å². The molecule has 1 aromatic heterocycles. The van der Waals surface area contributed by atoms with Crippen LogP contribution in [0.1, 0.15) is 13.3 Å². The van der Waals surface area contributed by atoms with Crippen molar-refractivity contribution in [1.29, 1.82) is 0 Å². The summed E-state index contributed by atoms with van der Waals surface area (Å²) in [5.74, 6) is 0.431. The van der Waals surface area contributed by atoms with Gasteiger partial charge in [-0.15, -0.1) is 0 Å². The summed E-state index contributed by atoms with van der Waals surface area (Å²) in [4.78, 5) is 5.93. The Morgan fingerprint density at radius 2 is 2.31 bits per heavy atom. The molecule has 1 fully saturated rings. The van der Waals surface area contributed by atoms with Gasteiger partial charge in [-0.3, -0.25) is 0 Å². The Morgan fingerprint density at radius 1 is 1.56 bits per heavy atom. The van der Waals surface area contributed by atoms with Crippen molar-refractivity contribution in [1.82, 2.24) is 4.98 Å². The molecular formula is C11H15ClFN3. The van der Waals surface area contributed by atoms with Crippen LogP contribution in [0.4, 0.5) is 10.2 Å². The normalized spacial score (nSPS) is 25.9. The number of piperidine rings is 1. The first kappa shape index (κ1) is 11.6. The van der Waals surface area contributed by atoms with E-state index in [0.29, 0.717) is 23.3 Å². The number of hydrogen-bond acceptors (Lipinski definition) is 3. The first-order valence-electron chi connectivity index (χ1n) is 5.38. The molecule has 0 saturated carbocycles. The maximum absolute atomic E-state index is 13.7. The second-order valence-electron chi connectivity index (χ2n) is 4.46. The quantitative estimate of drug-likeness (QED) is 0.821. The number of pyridine rings is 1. The third-order valence-corrected chi connectivity index (χ3v) is 2.99. The van der Waals surface area contributed by atoms with Gasteiger partial charge in [-0.2, -0.15) is 0 Å². The van der Waals surface area contributed by atoms with Crippen LogP contribution in [0.2, 0.25) is 5.02 Å². The molecule has 0 bridgehead atoms. The molecule has 1 saturated heterocycles. The van der Waals surface area contributed by atoms with Gasteiger partial charge in [0, 0.05) is 25.3 Å². The van der Waals surface area contributed by atoms with Crippen LogP contribution in [0.15, 0.2) is 12.3 Å². The van der Waals surface area contributed by atoms with Crippen LogP contribution in [0.25, 0.3) is 0 Å². The molecule has 1 aromatic rings. The second kappa shape index (κ2) is 4.55. The predicted octanol–water partition coefficient (Wildman–Crippen LogP) is 2.05. The van der Waals surface area contributed by atoms with E-state index in [1.807, 2.05) is 4.90 Å². The summed E-state index contributed by atoms with van der Waals surface area (Å²) in [5.41, 5.74) is 5.91. The van der Waals surface area contributed by atoms with Crippen molar-refractivity contribution >= 4 is 17.4 Å². The van der Waals surface area contributed by atoms with E-state index in [9.17, 15) is 4.39 Å². The van der Waals surface area contributed by atoms with Gasteiger partial charge in [-0.25, -0.2) is 9.37 Å². The maximum Gasteiger partial charge on any atom is 0.167 e. The highest BCUT2D eigenvalue weighted by molar-refractivity contribution is 6.30. The van der Waals surface area contributed by atoms with Gasteiger partial charge in [-0.05, 0) is 18.4 Å². The number of rotatable bonds is 1. The Balaban J connectivity index is 2.23. The van der Waals surface area contributed by atoms with Crippen LogP contribution in [0.5, 0.6) is 0 Å². The molecule has 3 nitrogen and oxygen atoms in total. The first-order chi connectivity index (χ1) is 7.56. The highest BCUT2D eigenvalue weighted by atomic mass is 35.5. The van der Waals surface area contributed by atoms with Crippen LogP contribution in [-0.2, 0) is 0 Å². The Labute approximate surface area is 99.4 Å². The third-order valence-electron chi connectivity index (χ3n) is 2.78. The minimum absolute atomic E-state index is 0.0839. The Morgan fingerprint density at radius 3 is 2.94 bits per heavy atom. The van der Waals surface area contributed by atoms with Gasteiger partial charge in [-0.1, -0.05) is 18.5 Å². The summed E-state index contributed by atoms with van der Waals surface area (Å²) in [6, 6.07) is 1.37. The zero-order chi connectivity index (χ0) is 11.7. The van der Waals surface area contributed by atoms with Gasteiger partial charge in [0.15, 0.2) is 11.6 Å². The molecule has 1 aliphatic heterocycles. The molecule has 0 amide bonds. The van der Waals surface area contributed by atoms with E-state index in [2.05, 4.69) is 11.9 Å². The fourth-order valence-corrected chi connectivity index (χ4v) is 2.36.